The summed E-state index contributed by atoms with van der Waals surface area (Å²) in [6.45, 7) is -0.384. The SMILES string of the molecule is C[C@H]1CC[C@H](C2CC=C(c3ccc(OC(F)F)cc3)CC2)CC1. The van der Waals surface area contributed by atoms with Crippen LogP contribution in [0.25, 0.3) is 5.57 Å². The first-order valence-corrected chi connectivity index (χ1v) is 8.86. The van der Waals surface area contributed by atoms with Gasteiger partial charge in [-0.3, -0.25) is 0 Å². The van der Waals surface area contributed by atoms with Crippen LogP contribution in [-0.2, 0) is 0 Å². The molecule has 1 fully saturated rings. The van der Waals surface area contributed by atoms with E-state index in [1.54, 1.807) is 12.1 Å². The molecule has 0 aromatic heterocycles. The van der Waals surface area contributed by atoms with Crippen molar-refractivity contribution in [1.29, 1.82) is 0 Å². The molecule has 1 saturated carbocycles. The quantitative estimate of drug-likeness (QED) is 0.632. The van der Waals surface area contributed by atoms with Gasteiger partial charge in [-0.25, -0.2) is 0 Å². The van der Waals surface area contributed by atoms with E-state index in [0.29, 0.717) is 0 Å². The maximum atomic E-state index is 12.2. The van der Waals surface area contributed by atoms with Crippen molar-refractivity contribution in [2.75, 3.05) is 0 Å². The summed E-state index contributed by atoms with van der Waals surface area (Å²) >= 11 is 0. The monoisotopic (exact) mass is 320 g/mol. The fourth-order valence-electron chi connectivity index (χ4n) is 4.15. The molecule has 0 saturated heterocycles. The van der Waals surface area contributed by atoms with Crippen molar-refractivity contribution in [3.05, 3.63) is 35.9 Å². The lowest BCUT2D eigenvalue weighted by Gasteiger charge is -2.34. The summed E-state index contributed by atoms with van der Waals surface area (Å²) in [6.07, 6.45) is 11.5. The number of ether oxygens (including phenoxy) is 1. The van der Waals surface area contributed by atoms with Gasteiger partial charge in [0.05, 0.1) is 0 Å². The molecule has 3 rings (SSSR count). The van der Waals surface area contributed by atoms with Gasteiger partial charge in [0.1, 0.15) is 5.75 Å². The summed E-state index contributed by atoms with van der Waals surface area (Å²) in [5.74, 6) is 2.89. The molecule has 1 unspecified atom stereocenters. The van der Waals surface area contributed by atoms with Crippen LogP contribution in [0.2, 0.25) is 0 Å². The lowest BCUT2D eigenvalue weighted by molar-refractivity contribution is -0.0498. The summed E-state index contributed by atoms with van der Waals surface area (Å²) in [5.41, 5.74) is 2.50. The molecule has 23 heavy (non-hydrogen) atoms. The molecular weight excluding hydrogens is 294 g/mol. The molecule has 0 spiro atoms. The van der Waals surface area contributed by atoms with Crippen LogP contribution in [0.1, 0.15) is 57.4 Å². The molecule has 0 bridgehead atoms. The summed E-state index contributed by atoms with van der Waals surface area (Å²) < 4.78 is 28.8. The van der Waals surface area contributed by atoms with E-state index in [0.717, 1.165) is 29.7 Å². The van der Waals surface area contributed by atoms with Crippen molar-refractivity contribution in [2.45, 2.75) is 58.5 Å². The maximum absolute atomic E-state index is 12.2. The molecule has 0 radical (unpaired) electrons. The van der Waals surface area contributed by atoms with Gasteiger partial charge in [-0.05, 0) is 73.1 Å². The van der Waals surface area contributed by atoms with E-state index < -0.39 is 6.61 Å². The van der Waals surface area contributed by atoms with Crippen molar-refractivity contribution >= 4 is 5.57 Å². The van der Waals surface area contributed by atoms with Crippen LogP contribution in [0.15, 0.2) is 30.3 Å². The van der Waals surface area contributed by atoms with E-state index in [1.165, 1.54) is 44.1 Å². The normalized spacial score (nSPS) is 28.5. The van der Waals surface area contributed by atoms with Crippen LogP contribution in [0.4, 0.5) is 8.78 Å². The molecule has 0 N–H and O–H groups in total. The third-order valence-corrected chi connectivity index (χ3v) is 5.63. The highest BCUT2D eigenvalue weighted by Gasteiger charge is 2.27. The number of hydrogen-bond acceptors (Lipinski definition) is 1. The molecule has 3 heteroatoms. The Morgan fingerprint density at radius 3 is 2.22 bits per heavy atom. The minimum atomic E-state index is -2.76. The standard InChI is InChI=1S/C20H26F2O/c1-14-2-4-15(5-3-14)16-6-8-17(9-7-16)18-10-12-19(13-11-18)23-20(21)22/h8,10-16,20H,2-7,9H2,1H3/t14-,15-,16?. The van der Waals surface area contributed by atoms with Crippen molar-refractivity contribution < 1.29 is 13.5 Å². The second kappa shape index (κ2) is 7.46. The van der Waals surface area contributed by atoms with Crippen molar-refractivity contribution in [1.82, 2.24) is 0 Å². The van der Waals surface area contributed by atoms with Gasteiger partial charge in [-0.15, -0.1) is 0 Å². The Hall–Kier alpha value is -1.38. The van der Waals surface area contributed by atoms with Gasteiger partial charge in [-0.2, -0.15) is 8.78 Å². The average Bonchev–Trinajstić information content (AvgIpc) is 2.56. The van der Waals surface area contributed by atoms with Gasteiger partial charge in [0.15, 0.2) is 0 Å². The molecule has 2 aliphatic rings. The van der Waals surface area contributed by atoms with Crippen LogP contribution in [-0.4, -0.2) is 6.61 Å². The van der Waals surface area contributed by atoms with E-state index in [-0.39, 0.29) is 5.75 Å². The smallest absolute Gasteiger partial charge is 0.387 e. The van der Waals surface area contributed by atoms with Crippen LogP contribution < -0.4 is 4.74 Å². The Morgan fingerprint density at radius 1 is 0.957 bits per heavy atom. The van der Waals surface area contributed by atoms with Crippen LogP contribution in [0, 0.1) is 17.8 Å². The van der Waals surface area contributed by atoms with Gasteiger partial charge >= 0.3 is 6.61 Å². The first-order chi connectivity index (χ1) is 11.1. The second-order valence-corrected chi connectivity index (χ2v) is 7.19. The Labute approximate surface area is 137 Å². The highest BCUT2D eigenvalue weighted by atomic mass is 19.3. The van der Waals surface area contributed by atoms with E-state index in [2.05, 4.69) is 17.7 Å². The lowest BCUT2D eigenvalue weighted by atomic mass is 9.71. The molecule has 1 nitrogen and oxygen atoms in total. The molecule has 1 aromatic rings. The van der Waals surface area contributed by atoms with E-state index in [4.69, 9.17) is 0 Å². The van der Waals surface area contributed by atoms with Gasteiger partial charge in [-0.1, -0.05) is 38.0 Å². The minimum Gasteiger partial charge on any atom is -0.435 e. The average molecular weight is 320 g/mol. The second-order valence-electron chi connectivity index (χ2n) is 7.19. The first kappa shape index (κ1) is 16.5. The molecule has 126 valence electrons. The zero-order valence-corrected chi connectivity index (χ0v) is 13.8. The summed E-state index contributed by atoms with van der Waals surface area (Å²) in [7, 11) is 0. The lowest BCUT2D eigenvalue weighted by Crippen LogP contribution is -2.22. The van der Waals surface area contributed by atoms with Crippen molar-refractivity contribution in [3.8, 4) is 5.75 Å². The third-order valence-electron chi connectivity index (χ3n) is 5.63. The predicted octanol–water partition coefficient (Wildman–Crippen LogP) is 6.30. The summed E-state index contributed by atoms with van der Waals surface area (Å²) in [4.78, 5) is 0. The summed E-state index contributed by atoms with van der Waals surface area (Å²) in [5, 5.41) is 0. The molecule has 2 aliphatic carbocycles. The number of hydrogen-bond donors (Lipinski definition) is 0. The van der Waals surface area contributed by atoms with E-state index in [1.807, 2.05) is 12.1 Å². The summed E-state index contributed by atoms with van der Waals surface area (Å²) in [6, 6.07) is 7.06. The Balaban J connectivity index is 1.58. The van der Waals surface area contributed by atoms with E-state index >= 15 is 0 Å². The van der Waals surface area contributed by atoms with Crippen molar-refractivity contribution in [3.63, 3.8) is 0 Å². The highest BCUT2D eigenvalue weighted by Crippen LogP contribution is 2.41. The Kier molecular flexibility index (Phi) is 5.34. The molecule has 0 heterocycles. The minimum absolute atomic E-state index is 0.231. The Bertz CT molecular complexity index is 527. The number of rotatable bonds is 4. The van der Waals surface area contributed by atoms with Gasteiger partial charge in [0.2, 0.25) is 0 Å². The van der Waals surface area contributed by atoms with Gasteiger partial charge in [0, 0.05) is 0 Å². The third kappa shape index (κ3) is 4.33. The number of benzene rings is 1. The first-order valence-electron chi connectivity index (χ1n) is 8.86. The fraction of sp³-hybridized carbons (Fsp3) is 0.600. The number of alkyl halides is 2. The zero-order chi connectivity index (χ0) is 16.2. The maximum Gasteiger partial charge on any atom is 0.387 e. The van der Waals surface area contributed by atoms with E-state index in [9.17, 15) is 8.78 Å². The van der Waals surface area contributed by atoms with Crippen LogP contribution in [0.5, 0.6) is 5.75 Å². The zero-order valence-electron chi connectivity index (χ0n) is 13.8. The molecule has 0 aliphatic heterocycles. The fourth-order valence-corrected chi connectivity index (χ4v) is 4.15. The van der Waals surface area contributed by atoms with Crippen LogP contribution >= 0.6 is 0 Å². The van der Waals surface area contributed by atoms with Gasteiger partial charge < -0.3 is 4.74 Å². The van der Waals surface area contributed by atoms with Crippen LogP contribution in [0.3, 0.4) is 0 Å². The largest absolute Gasteiger partial charge is 0.435 e. The number of halogens is 2. The van der Waals surface area contributed by atoms with Crippen molar-refractivity contribution in [2.24, 2.45) is 17.8 Å². The predicted molar refractivity (Wildman–Crippen MR) is 89.5 cm³/mol. The van der Waals surface area contributed by atoms with Gasteiger partial charge in [0.25, 0.3) is 0 Å². The molecule has 1 atom stereocenters. The molecule has 1 aromatic carbocycles. The Morgan fingerprint density at radius 2 is 1.65 bits per heavy atom. The topological polar surface area (TPSA) is 9.23 Å². The molecule has 0 amide bonds. The highest BCUT2D eigenvalue weighted by molar-refractivity contribution is 5.66. The molecular formula is C20H26F2O. The number of allylic oxidation sites excluding steroid dienone is 2.